The van der Waals surface area contributed by atoms with Gasteiger partial charge in [0.25, 0.3) is 0 Å². The molecule has 430 valence electrons. The molecule has 1 heterocycles. The lowest BCUT2D eigenvalue weighted by Crippen LogP contribution is -2.60. The first-order valence-corrected chi connectivity index (χ1v) is 31.2. The van der Waals surface area contributed by atoms with E-state index >= 15 is 0 Å². The van der Waals surface area contributed by atoms with Crippen LogP contribution in [0.25, 0.3) is 0 Å². The molecule has 1 aliphatic rings. The number of ether oxygens (including phenoxy) is 2. The Labute approximate surface area is 455 Å². The molecule has 0 spiro atoms. The highest BCUT2D eigenvalue weighted by molar-refractivity contribution is 5.76. The Morgan fingerprint density at radius 1 is 0.473 bits per heavy atom. The van der Waals surface area contributed by atoms with Gasteiger partial charge in [-0.2, -0.15) is 0 Å². The van der Waals surface area contributed by atoms with Crippen LogP contribution in [-0.4, -0.2) is 87.5 Å². The van der Waals surface area contributed by atoms with Crippen LogP contribution < -0.4 is 5.32 Å². The van der Waals surface area contributed by atoms with Crippen LogP contribution in [0.4, 0.5) is 0 Å². The van der Waals surface area contributed by atoms with Gasteiger partial charge < -0.3 is 40.3 Å². The van der Waals surface area contributed by atoms with Crippen LogP contribution in [0.1, 0.15) is 277 Å². The second-order valence-electron chi connectivity index (χ2n) is 21.5. The molecule has 1 aliphatic heterocycles. The van der Waals surface area contributed by atoms with Crippen molar-refractivity contribution in [1.82, 2.24) is 5.32 Å². The highest BCUT2D eigenvalue weighted by atomic mass is 16.7. The smallest absolute Gasteiger partial charge is 0.220 e. The quantitative estimate of drug-likeness (QED) is 0.0261. The number of rotatable bonds is 53. The number of hydrogen-bond acceptors (Lipinski definition) is 8. The van der Waals surface area contributed by atoms with Crippen molar-refractivity contribution in [3.05, 3.63) is 72.9 Å². The van der Waals surface area contributed by atoms with Gasteiger partial charge >= 0.3 is 0 Å². The van der Waals surface area contributed by atoms with Gasteiger partial charge in [-0.15, -0.1) is 0 Å². The first-order chi connectivity index (χ1) is 36.3. The van der Waals surface area contributed by atoms with Gasteiger partial charge in [-0.25, -0.2) is 0 Å². The van der Waals surface area contributed by atoms with Crippen LogP contribution in [0.3, 0.4) is 0 Å². The van der Waals surface area contributed by atoms with Gasteiger partial charge in [0.1, 0.15) is 24.4 Å². The Kier molecular flexibility index (Phi) is 50.8. The zero-order chi connectivity index (χ0) is 53.6. The lowest BCUT2D eigenvalue weighted by atomic mass is 9.99. The number of unbranched alkanes of at least 4 members (excludes halogenated alkanes) is 33. The SMILES string of the molecule is CC/C=C\C/C=C\C/C=C\C/C=C\CCCCCCCCCCCCCCCCCCCCC(=O)NC(COC1OC(CO)C(O)C(O)C1O)C(O)/C=C/CC/C=C/CCCCCCCCCCCCCCCC. The fourth-order valence-corrected chi connectivity index (χ4v) is 9.64. The van der Waals surface area contributed by atoms with E-state index in [0.29, 0.717) is 6.42 Å². The topological polar surface area (TPSA) is 149 Å². The van der Waals surface area contributed by atoms with Crippen molar-refractivity contribution in [3.63, 3.8) is 0 Å². The molecule has 9 heteroatoms. The molecule has 0 radical (unpaired) electrons. The Bertz CT molecular complexity index is 1390. The first kappa shape index (κ1) is 69.6. The Balaban J connectivity index is 2.17. The summed E-state index contributed by atoms with van der Waals surface area (Å²) in [6.45, 7) is 3.67. The van der Waals surface area contributed by atoms with Crippen LogP contribution in [0.15, 0.2) is 72.9 Å². The van der Waals surface area contributed by atoms with E-state index in [9.17, 15) is 30.3 Å². The molecule has 1 amide bonds. The van der Waals surface area contributed by atoms with Crippen molar-refractivity contribution in [2.24, 2.45) is 0 Å². The maximum atomic E-state index is 13.1. The molecule has 0 aromatic rings. The minimum Gasteiger partial charge on any atom is -0.394 e. The van der Waals surface area contributed by atoms with Crippen LogP contribution >= 0.6 is 0 Å². The normalized spacial score (nSPS) is 19.5. The van der Waals surface area contributed by atoms with Crippen molar-refractivity contribution < 1.29 is 39.8 Å². The molecule has 1 fully saturated rings. The summed E-state index contributed by atoms with van der Waals surface area (Å²) in [5.41, 5.74) is 0. The van der Waals surface area contributed by atoms with Crippen LogP contribution in [-0.2, 0) is 14.3 Å². The summed E-state index contributed by atoms with van der Waals surface area (Å²) in [6.07, 6.45) is 68.4. The third-order valence-corrected chi connectivity index (χ3v) is 14.5. The number of allylic oxidation sites excluding steroid dienone is 11. The van der Waals surface area contributed by atoms with Gasteiger partial charge in [-0.3, -0.25) is 4.79 Å². The number of amides is 1. The summed E-state index contributed by atoms with van der Waals surface area (Å²) in [4.78, 5) is 13.1. The van der Waals surface area contributed by atoms with Crippen molar-refractivity contribution in [2.45, 2.75) is 320 Å². The molecule has 0 aromatic heterocycles. The summed E-state index contributed by atoms with van der Waals surface area (Å²) in [5.74, 6) is -0.185. The molecule has 9 nitrogen and oxygen atoms in total. The van der Waals surface area contributed by atoms with Crippen molar-refractivity contribution in [2.75, 3.05) is 13.2 Å². The lowest BCUT2D eigenvalue weighted by molar-refractivity contribution is -0.302. The molecule has 6 N–H and O–H groups in total. The summed E-state index contributed by atoms with van der Waals surface area (Å²) < 4.78 is 11.3. The largest absolute Gasteiger partial charge is 0.394 e. The summed E-state index contributed by atoms with van der Waals surface area (Å²) in [7, 11) is 0. The van der Waals surface area contributed by atoms with E-state index in [2.05, 4.69) is 79.9 Å². The number of carbonyl (C=O) groups is 1. The third kappa shape index (κ3) is 42.7. The summed E-state index contributed by atoms with van der Waals surface area (Å²) in [6, 6.07) is -0.824. The Hall–Kier alpha value is -2.37. The molecule has 1 saturated heterocycles. The average Bonchev–Trinajstić information content (AvgIpc) is 3.40. The van der Waals surface area contributed by atoms with Crippen molar-refractivity contribution >= 4 is 5.91 Å². The maximum absolute atomic E-state index is 13.1. The number of nitrogens with one attached hydrogen (secondary N) is 1. The van der Waals surface area contributed by atoms with E-state index in [4.69, 9.17) is 9.47 Å². The highest BCUT2D eigenvalue weighted by Gasteiger charge is 2.44. The number of hydrogen-bond donors (Lipinski definition) is 6. The van der Waals surface area contributed by atoms with E-state index in [1.807, 2.05) is 6.08 Å². The third-order valence-electron chi connectivity index (χ3n) is 14.5. The fourth-order valence-electron chi connectivity index (χ4n) is 9.64. The second-order valence-corrected chi connectivity index (χ2v) is 21.5. The maximum Gasteiger partial charge on any atom is 0.220 e. The summed E-state index contributed by atoms with van der Waals surface area (Å²) >= 11 is 0. The Morgan fingerprint density at radius 3 is 1.30 bits per heavy atom. The van der Waals surface area contributed by atoms with Gasteiger partial charge in [0.15, 0.2) is 6.29 Å². The van der Waals surface area contributed by atoms with E-state index in [0.717, 1.165) is 64.2 Å². The predicted molar refractivity (Wildman–Crippen MR) is 313 cm³/mol. The molecule has 0 saturated carbocycles. The van der Waals surface area contributed by atoms with E-state index in [-0.39, 0.29) is 12.5 Å². The first-order valence-electron chi connectivity index (χ1n) is 31.2. The molecule has 0 bridgehead atoms. The van der Waals surface area contributed by atoms with Gasteiger partial charge in [-0.05, 0) is 70.6 Å². The number of aliphatic hydroxyl groups is 5. The van der Waals surface area contributed by atoms with Gasteiger partial charge in [0.05, 0.1) is 25.4 Å². The van der Waals surface area contributed by atoms with Gasteiger partial charge in [0.2, 0.25) is 5.91 Å². The molecule has 0 aromatic carbocycles. The van der Waals surface area contributed by atoms with Crippen LogP contribution in [0.5, 0.6) is 0 Å². The molecule has 74 heavy (non-hydrogen) atoms. The zero-order valence-electron chi connectivity index (χ0n) is 47.8. The van der Waals surface area contributed by atoms with E-state index < -0.39 is 49.5 Å². The van der Waals surface area contributed by atoms with Crippen molar-refractivity contribution in [1.29, 1.82) is 0 Å². The Morgan fingerprint density at radius 2 is 0.851 bits per heavy atom. The van der Waals surface area contributed by atoms with Crippen LogP contribution in [0, 0.1) is 0 Å². The minimum absolute atomic E-state index is 0.185. The molecule has 7 unspecified atom stereocenters. The number of aliphatic hydroxyl groups excluding tert-OH is 5. The molecular formula is C65H117NO8. The predicted octanol–water partition coefficient (Wildman–Crippen LogP) is 16.0. The lowest BCUT2D eigenvalue weighted by Gasteiger charge is -2.40. The molecular weight excluding hydrogens is 923 g/mol. The average molecular weight is 1040 g/mol. The monoisotopic (exact) mass is 1040 g/mol. The molecule has 7 atom stereocenters. The van der Waals surface area contributed by atoms with Crippen molar-refractivity contribution in [3.8, 4) is 0 Å². The zero-order valence-corrected chi connectivity index (χ0v) is 47.8. The van der Waals surface area contributed by atoms with E-state index in [1.54, 1.807) is 6.08 Å². The second kappa shape index (κ2) is 54.0. The standard InChI is InChI=1S/C65H117NO8/c1-3-5-7-9-11-13-15-17-19-21-23-25-26-27-28-29-30-31-32-33-34-35-37-39-41-43-45-47-49-51-53-55-61(69)66-58(57-73-65-64(72)63(71)62(70)60(56-67)74-65)59(68)54-52-50-48-46-44-42-40-38-36-24-22-20-18-16-14-12-10-8-6-4-2/h5,7,11,13,17,19,23,25,44,46,52,54,58-60,62-65,67-68,70-72H,3-4,6,8-10,12,14-16,18,20-22,24,26-43,45,47-51,53,55-57H2,1-2H3,(H,66,69)/b7-5-,13-11-,19-17-,25-23-,46-44+,54-52+. The van der Waals surface area contributed by atoms with Gasteiger partial charge in [-0.1, -0.05) is 273 Å². The van der Waals surface area contributed by atoms with Gasteiger partial charge in [0, 0.05) is 6.42 Å². The fraction of sp³-hybridized carbons (Fsp3) is 0.800. The highest BCUT2D eigenvalue weighted by Crippen LogP contribution is 2.23. The summed E-state index contributed by atoms with van der Waals surface area (Å²) in [5, 5.41) is 54.6. The minimum atomic E-state index is -1.57. The number of carbonyl (C=O) groups excluding carboxylic acids is 1. The molecule has 0 aliphatic carbocycles. The van der Waals surface area contributed by atoms with Crippen LogP contribution in [0.2, 0.25) is 0 Å². The molecule has 1 rings (SSSR count). The van der Waals surface area contributed by atoms with E-state index in [1.165, 1.54) is 193 Å².